The molecule has 4 nitrogen and oxygen atoms in total. The van der Waals surface area contributed by atoms with Crippen LogP contribution in [-0.2, 0) is 11.3 Å². The fraction of sp³-hybridized carbons (Fsp3) is 0.353. The number of ether oxygens (including phenoxy) is 1. The number of amides is 1. The van der Waals surface area contributed by atoms with E-state index in [2.05, 4.69) is 0 Å². The Morgan fingerprint density at radius 1 is 1.27 bits per heavy atom. The summed E-state index contributed by atoms with van der Waals surface area (Å²) < 4.78 is 24.8. The van der Waals surface area contributed by atoms with E-state index < -0.39 is 5.82 Å². The number of hydrogen-bond acceptors (Lipinski definition) is 3. The van der Waals surface area contributed by atoms with E-state index in [0.29, 0.717) is 25.5 Å². The summed E-state index contributed by atoms with van der Waals surface area (Å²) in [5, 5.41) is 0. The molecule has 1 aliphatic heterocycles. The van der Waals surface area contributed by atoms with Crippen LogP contribution in [0.2, 0.25) is 0 Å². The van der Waals surface area contributed by atoms with Gasteiger partial charge in [-0.3, -0.25) is 4.79 Å². The van der Waals surface area contributed by atoms with Gasteiger partial charge >= 0.3 is 0 Å². The van der Waals surface area contributed by atoms with Crippen LogP contribution in [0.1, 0.15) is 29.0 Å². The van der Waals surface area contributed by atoms with E-state index in [4.69, 9.17) is 9.15 Å². The molecule has 5 heteroatoms. The van der Waals surface area contributed by atoms with Gasteiger partial charge in [0.1, 0.15) is 11.6 Å². The minimum Gasteiger partial charge on any atom is -0.467 e. The number of nitrogens with zero attached hydrogens (tertiary/aromatic N) is 1. The van der Waals surface area contributed by atoms with E-state index in [1.54, 1.807) is 35.4 Å². The number of furan rings is 1. The topological polar surface area (TPSA) is 42.7 Å². The largest absolute Gasteiger partial charge is 0.467 e. The molecule has 0 unspecified atom stereocenters. The second-order valence-electron chi connectivity index (χ2n) is 5.38. The minimum absolute atomic E-state index is 0.00526. The van der Waals surface area contributed by atoms with Gasteiger partial charge in [-0.1, -0.05) is 12.1 Å². The lowest BCUT2D eigenvalue weighted by molar-refractivity contribution is 0.0488. The van der Waals surface area contributed by atoms with Crippen molar-refractivity contribution in [2.75, 3.05) is 13.2 Å². The fourth-order valence-corrected chi connectivity index (χ4v) is 2.65. The molecule has 1 saturated heterocycles. The van der Waals surface area contributed by atoms with Crippen LogP contribution in [0.5, 0.6) is 0 Å². The molecule has 2 heterocycles. The molecule has 116 valence electrons. The summed E-state index contributed by atoms with van der Waals surface area (Å²) in [4.78, 5) is 14.3. The number of carbonyl (C=O) groups is 1. The van der Waals surface area contributed by atoms with Crippen LogP contribution in [0.15, 0.2) is 47.1 Å². The molecule has 0 N–H and O–H groups in total. The van der Waals surface area contributed by atoms with E-state index in [1.807, 2.05) is 0 Å². The Balaban J connectivity index is 1.80. The molecule has 0 radical (unpaired) electrons. The number of carbonyl (C=O) groups excluding carboxylic acids is 1. The van der Waals surface area contributed by atoms with E-state index in [1.165, 1.54) is 12.1 Å². The highest BCUT2D eigenvalue weighted by Crippen LogP contribution is 2.18. The van der Waals surface area contributed by atoms with Crippen molar-refractivity contribution in [3.05, 3.63) is 59.8 Å². The zero-order valence-electron chi connectivity index (χ0n) is 12.2. The molecule has 1 aromatic carbocycles. The van der Waals surface area contributed by atoms with Crippen LogP contribution in [-0.4, -0.2) is 30.1 Å². The lowest BCUT2D eigenvalue weighted by Gasteiger charge is -2.25. The summed E-state index contributed by atoms with van der Waals surface area (Å²) >= 11 is 0. The van der Waals surface area contributed by atoms with Crippen LogP contribution in [0, 0.1) is 5.82 Å². The first-order valence-corrected chi connectivity index (χ1v) is 7.42. The molecule has 1 aliphatic rings. The summed E-state index contributed by atoms with van der Waals surface area (Å²) in [5.41, 5.74) is 0.0760. The second-order valence-corrected chi connectivity index (χ2v) is 5.38. The molecular formula is C17H18FNO3. The predicted molar refractivity (Wildman–Crippen MR) is 78.8 cm³/mol. The lowest BCUT2D eigenvalue weighted by atomic mass is 10.1. The van der Waals surface area contributed by atoms with E-state index in [-0.39, 0.29) is 17.6 Å². The van der Waals surface area contributed by atoms with E-state index in [9.17, 15) is 9.18 Å². The van der Waals surface area contributed by atoms with Crippen molar-refractivity contribution in [3.8, 4) is 0 Å². The average Bonchev–Trinajstić information content (AvgIpc) is 3.20. The summed E-state index contributed by atoms with van der Waals surface area (Å²) in [5.74, 6) is -0.183. The molecule has 0 aliphatic carbocycles. The summed E-state index contributed by atoms with van der Waals surface area (Å²) in [7, 11) is 0. The van der Waals surface area contributed by atoms with Gasteiger partial charge in [-0.15, -0.1) is 0 Å². The van der Waals surface area contributed by atoms with Gasteiger partial charge in [-0.25, -0.2) is 4.39 Å². The lowest BCUT2D eigenvalue weighted by Crippen LogP contribution is -2.37. The number of hydrogen-bond donors (Lipinski definition) is 0. The van der Waals surface area contributed by atoms with Crippen molar-refractivity contribution in [1.82, 2.24) is 4.90 Å². The molecule has 1 fully saturated rings. The Kier molecular flexibility index (Phi) is 4.53. The van der Waals surface area contributed by atoms with Gasteiger partial charge in [-0.2, -0.15) is 0 Å². The molecule has 1 amide bonds. The summed E-state index contributed by atoms with van der Waals surface area (Å²) in [6.07, 6.45) is 3.48. The highest BCUT2D eigenvalue weighted by Gasteiger charge is 2.25. The van der Waals surface area contributed by atoms with Gasteiger partial charge in [0.15, 0.2) is 0 Å². The van der Waals surface area contributed by atoms with Gasteiger partial charge in [0.25, 0.3) is 5.91 Å². The molecule has 1 aromatic heterocycles. The molecule has 0 saturated carbocycles. The maximum atomic E-state index is 13.9. The quantitative estimate of drug-likeness (QED) is 0.851. The molecular weight excluding hydrogens is 285 g/mol. The molecule has 1 atom stereocenters. The summed E-state index contributed by atoms with van der Waals surface area (Å²) in [6, 6.07) is 9.60. The smallest absolute Gasteiger partial charge is 0.257 e. The van der Waals surface area contributed by atoms with Gasteiger partial charge < -0.3 is 14.1 Å². The predicted octanol–water partition coefficient (Wildman–Crippen LogP) is 3.24. The van der Waals surface area contributed by atoms with E-state index in [0.717, 1.165) is 12.8 Å². The van der Waals surface area contributed by atoms with Crippen molar-refractivity contribution < 1.29 is 18.3 Å². The number of halogens is 1. The van der Waals surface area contributed by atoms with Gasteiger partial charge in [0.05, 0.1) is 24.5 Å². The third-order valence-electron chi connectivity index (χ3n) is 3.77. The van der Waals surface area contributed by atoms with Crippen LogP contribution < -0.4 is 0 Å². The summed E-state index contributed by atoms with van der Waals surface area (Å²) in [6.45, 7) is 1.46. The molecule has 0 bridgehead atoms. The Labute approximate surface area is 128 Å². The monoisotopic (exact) mass is 303 g/mol. The first-order valence-electron chi connectivity index (χ1n) is 7.42. The minimum atomic E-state index is -0.510. The van der Waals surface area contributed by atoms with Crippen LogP contribution in [0.25, 0.3) is 0 Å². The Morgan fingerprint density at radius 3 is 2.82 bits per heavy atom. The van der Waals surface area contributed by atoms with Crippen molar-refractivity contribution in [3.63, 3.8) is 0 Å². The first-order chi connectivity index (χ1) is 10.7. The van der Waals surface area contributed by atoms with Crippen molar-refractivity contribution in [1.29, 1.82) is 0 Å². The van der Waals surface area contributed by atoms with Crippen molar-refractivity contribution >= 4 is 5.91 Å². The maximum absolute atomic E-state index is 13.9. The highest BCUT2D eigenvalue weighted by molar-refractivity contribution is 5.94. The van der Waals surface area contributed by atoms with Crippen molar-refractivity contribution in [2.24, 2.45) is 0 Å². The first kappa shape index (κ1) is 14.8. The Morgan fingerprint density at radius 2 is 2.14 bits per heavy atom. The second kappa shape index (κ2) is 6.75. The van der Waals surface area contributed by atoms with Crippen molar-refractivity contribution in [2.45, 2.75) is 25.5 Å². The SMILES string of the molecule is O=C(c1ccccc1F)N(Cc1ccco1)C[C@H]1CCCO1. The van der Waals surface area contributed by atoms with Crippen LogP contribution in [0.4, 0.5) is 4.39 Å². The highest BCUT2D eigenvalue weighted by atomic mass is 19.1. The van der Waals surface area contributed by atoms with Gasteiger partial charge in [0.2, 0.25) is 0 Å². The fourth-order valence-electron chi connectivity index (χ4n) is 2.65. The normalized spacial score (nSPS) is 17.6. The molecule has 2 aromatic rings. The van der Waals surface area contributed by atoms with Crippen LogP contribution >= 0.6 is 0 Å². The van der Waals surface area contributed by atoms with E-state index >= 15 is 0 Å². The molecule has 3 rings (SSSR count). The van der Waals surface area contributed by atoms with Gasteiger partial charge in [-0.05, 0) is 37.1 Å². The number of rotatable bonds is 5. The molecule has 0 spiro atoms. The zero-order chi connectivity index (χ0) is 15.4. The molecule has 22 heavy (non-hydrogen) atoms. The zero-order valence-corrected chi connectivity index (χ0v) is 12.2. The number of benzene rings is 1. The van der Waals surface area contributed by atoms with Gasteiger partial charge in [0, 0.05) is 13.2 Å². The Hall–Kier alpha value is -2.14. The third-order valence-corrected chi connectivity index (χ3v) is 3.77. The Bertz CT molecular complexity index is 621. The average molecular weight is 303 g/mol. The third kappa shape index (κ3) is 3.36. The van der Waals surface area contributed by atoms with Crippen LogP contribution in [0.3, 0.4) is 0 Å². The maximum Gasteiger partial charge on any atom is 0.257 e. The standard InChI is InChI=1S/C17H18FNO3/c18-16-8-2-1-7-15(16)17(20)19(11-13-5-3-9-21-13)12-14-6-4-10-22-14/h1-3,5,7-9,14H,4,6,10-12H2/t14-/m1/s1.